The second-order valence-corrected chi connectivity index (χ2v) is 8.80. The van der Waals surface area contributed by atoms with Crippen molar-refractivity contribution in [3.63, 3.8) is 0 Å². The standard InChI is InChI=1S/C23H29N5O2S/c1-2-24-23(26-15-22(30)27-12-9-20-18(16-27)10-13-31-20)25-14-17-5-7-19(8-6-17)28-11-3-4-21(28)29/h5-8,10,13H,2-4,9,11-12,14-16H2,1H3,(H2,24,25,26). The molecule has 1 fully saturated rings. The van der Waals surface area contributed by atoms with Crippen LogP contribution < -0.4 is 15.5 Å². The third-order valence-electron chi connectivity index (χ3n) is 5.65. The molecule has 8 heteroatoms. The molecule has 0 saturated carbocycles. The molecule has 2 aromatic rings. The fourth-order valence-corrected chi connectivity index (χ4v) is 4.84. The van der Waals surface area contributed by atoms with Gasteiger partial charge in [0.1, 0.15) is 0 Å². The third-order valence-corrected chi connectivity index (χ3v) is 6.68. The van der Waals surface area contributed by atoms with Gasteiger partial charge in [0.15, 0.2) is 5.96 Å². The monoisotopic (exact) mass is 439 g/mol. The number of amides is 2. The van der Waals surface area contributed by atoms with Crippen LogP contribution in [0.15, 0.2) is 40.7 Å². The molecule has 1 saturated heterocycles. The predicted molar refractivity (Wildman–Crippen MR) is 124 cm³/mol. The molecule has 2 aliphatic rings. The highest BCUT2D eigenvalue weighted by Crippen LogP contribution is 2.24. The van der Waals surface area contributed by atoms with Gasteiger partial charge in [-0.2, -0.15) is 0 Å². The van der Waals surface area contributed by atoms with Crippen molar-refractivity contribution in [3.05, 3.63) is 51.7 Å². The summed E-state index contributed by atoms with van der Waals surface area (Å²) in [4.78, 5) is 34.3. The highest BCUT2D eigenvalue weighted by Gasteiger charge is 2.22. The molecule has 0 atom stereocenters. The Kier molecular flexibility index (Phi) is 6.86. The largest absolute Gasteiger partial charge is 0.357 e. The van der Waals surface area contributed by atoms with Gasteiger partial charge in [0.05, 0.1) is 13.1 Å². The van der Waals surface area contributed by atoms with E-state index in [9.17, 15) is 9.59 Å². The molecule has 2 aliphatic heterocycles. The smallest absolute Gasteiger partial charge is 0.242 e. The van der Waals surface area contributed by atoms with E-state index in [1.165, 1.54) is 10.4 Å². The van der Waals surface area contributed by atoms with Gasteiger partial charge in [-0.3, -0.25) is 9.59 Å². The average molecular weight is 440 g/mol. The van der Waals surface area contributed by atoms with E-state index in [-0.39, 0.29) is 18.4 Å². The lowest BCUT2D eigenvalue weighted by molar-refractivity contribution is -0.130. The number of rotatable bonds is 6. The maximum atomic E-state index is 12.7. The highest BCUT2D eigenvalue weighted by atomic mass is 32.1. The first kappa shape index (κ1) is 21.4. The second-order valence-electron chi connectivity index (χ2n) is 7.80. The van der Waals surface area contributed by atoms with Gasteiger partial charge in [-0.1, -0.05) is 12.1 Å². The third kappa shape index (κ3) is 5.25. The summed E-state index contributed by atoms with van der Waals surface area (Å²) in [6.07, 6.45) is 2.49. The van der Waals surface area contributed by atoms with Crippen LogP contribution in [0.1, 0.15) is 35.8 Å². The highest BCUT2D eigenvalue weighted by molar-refractivity contribution is 7.10. The van der Waals surface area contributed by atoms with Gasteiger partial charge < -0.3 is 20.4 Å². The van der Waals surface area contributed by atoms with E-state index in [2.05, 4.69) is 27.1 Å². The van der Waals surface area contributed by atoms with Gasteiger partial charge in [-0.25, -0.2) is 4.99 Å². The van der Waals surface area contributed by atoms with E-state index in [0.29, 0.717) is 25.5 Å². The Hall–Kier alpha value is -2.87. The molecule has 0 unspecified atom stereocenters. The lowest BCUT2D eigenvalue weighted by Crippen LogP contribution is -2.45. The lowest BCUT2D eigenvalue weighted by atomic mass is 10.1. The fraction of sp³-hybridized carbons (Fsp3) is 0.435. The summed E-state index contributed by atoms with van der Waals surface area (Å²) < 4.78 is 0. The number of carbonyl (C=O) groups is 2. The molecule has 2 N–H and O–H groups in total. The van der Waals surface area contributed by atoms with Crippen LogP contribution in [0, 0.1) is 0 Å². The fourth-order valence-electron chi connectivity index (χ4n) is 3.95. The molecule has 1 aromatic heterocycles. The maximum absolute atomic E-state index is 12.7. The van der Waals surface area contributed by atoms with Crippen LogP contribution in [0.5, 0.6) is 0 Å². The van der Waals surface area contributed by atoms with Gasteiger partial charge in [-0.15, -0.1) is 11.3 Å². The van der Waals surface area contributed by atoms with E-state index >= 15 is 0 Å². The van der Waals surface area contributed by atoms with E-state index in [0.717, 1.165) is 43.7 Å². The molecule has 164 valence electrons. The molecule has 0 bridgehead atoms. The number of carbonyl (C=O) groups excluding carboxylic acids is 2. The minimum absolute atomic E-state index is 0.0853. The van der Waals surface area contributed by atoms with Crippen LogP contribution in [-0.4, -0.2) is 48.9 Å². The molecule has 4 rings (SSSR count). The van der Waals surface area contributed by atoms with E-state index in [4.69, 9.17) is 0 Å². The van der Waals surface area contributed by atoms with Crippen molar-refractivity contribution in [3.8, 4) is 0 Å². The van der Waals surface area contributed by atoms with Crippen molar-refractivity contribution in [1.82, 2.24) is 15.5 Å². The van der Waals surface area contributed by atoms with E-state index in [1.54, 1.807) is 11.3 Å². The number of nitrogens with zero attached hydrogens (tertiary/aromatic N) is 3. The summed E-state index contributed by atoms with van der Waals surface area (Å²) in [6.45, 7) is 5.71. The molecule has 31 heavy (non-hydrogen) atoms. The number of hydrogen-bond donors (Lipinski definition) is 2. The number of thiophene rings is 1. The average Bonchev–Trinajstić information content (AvgIpc) is 3.44. The molecule has 2 amide bonds. The first-order valence-corrected chi connectivity index (χ1v) is 11.8. The zero-order chi connectivity index (χ0) is 21.6. The Morgan fingerprint density at radius 1 is 1.13 bits per heavy atom. The summed E-state index contributed by atoms with van der Waals surface area (Å²) in [5.41, 5.74) is 3.27. The summed E-state index contributed by atoms with van der Waals surface area (Å²) in [6, 6.07) is 10.1. The number of aliphatic imine (C=N–C) groups is 1. The van der Waals surface area contributed by atoms with Crippen LogP contribution in [0.2, 0.25) is 0 Å². The molecule has 0 spiro atoms. The summed E-state index contributed by atoms with van der Waals surface area (Å²) in [7, 11) is 0. The van der Waals surface area contributed by atoms with Gasteiger partial charge in [0, 0.05) is 43.2 Å². The van der Waals surface area contributed by atoms with Crippen molar-refractivity contribution in [2.45, 2.75) is 39.3 Å². The van der Waals surface area contributed by atoms with Crippen LogP contribution in [0.25, 0.3) is 0 Å². The molecule has 7 nitrogen and oxygen atoms in total. The van der Waals surface area contributed by atoms with Gasteiger partial charge >= 0.3 is 0 Å². The maximum Gasteiger partial charge on any atom is 0.242 e. The number of guanidine groups is 1. The van der Waals surface area contributed by atoms with Gasteiger partial charge in [-0.05, 0) is 54.5 Å². The van der Waals surface area contributed by atoms with Crippen molar-refractivity contribution < 1.29 is 9.59 Å². The van der Waals surface area contributed by atoms with Crippen LogP contribution in [0.3, 0.4) is 0 Å². The van der Waals surface area contributed by atoms with Crippen LogP contribution in [0.4, 0.5) is 5.69 Å². The topological polar surface area (TPSA) is 77.0 Å². The second kappa shape index (κ2) is 9.96. The first-order chi connectivity index (χ1) is 15.1. The Morgan fingerprint density at radius 3 is 2.71 bits per heavy atom. The Balaban J connectivity index is 1.31. The minimum atomic E-state index is 0.0853. The predicted octanol–water partition coefficient (Wildman–Crippen LogP) is 2.51. The van der Waals surface area contributed by atoms with Gasteiger partial charge in [0.25, 0.3) is 0 Å². The zero-order valence-electron chi connectivity index (χ0n) is 17.9. The number of hydrogen-bond acceptors (Lipinski definition) is 4. The Labute approximate surface area is 187 Å². The van der Waals surface area contributed by atoms with Crippen LogP contribution >= 0.6 is 11.3 Å². The molecule has 0 radical (unpaired) electrons. The quantitative estimate of drug-likeness (QED) is 0.536. The number of benzene rings is 1. The van der Waals surface area contributed by atoms with Gasteiger partial charge in [0.2, 0.25) is 11.8 Å². The van der Waals surface area contributed by atoms with Crippen LogP contribution in [-0.2, 0) is 29.1 Å². The lowest BCUT2D eigenvalue weighted by Gasteiger charge is -2.27. The summed E-state index contributed by atoms with van der Waals surface area (Å²) in [5, 5.41) is 8.47. The van der Waals surface area contributed by atoms with Crippen molar-refractivity contribution >= 4 is 34.8 Å². The van der Waals surface area contributed by atoms with Crippen molar-refractivity contribution in [2.24, 2.45) is 4.99 Å². The minimum Gasteiger partial charge on any atom is -0.357 e. The molecule has 3 heterocycles. The molecule has 0 aliphatic carbocycles. The Morgan fingerprint density at radius 2 is 1.97 bits per heavy atom. The number of nitrogens with one attached hydrogen (secondary N) is 2. The van der Waals surface area contributed by atoms with Crippen molar-refractivity contribution in [1.29, 1.82) is 0 Å². The number of fused-ring (bicyclic) bond motifs is 1. The van der Waals surface area contributed by atoms with Crippen molar-refractivity contribution in [2.75, 3.05) is 31.1 Å². The zero-order valence-corrected chi connectivity index (χ0v) is 18.7. The number of anilines is 1. The first-order valence-electron chi connectivity index (χ1n) is 10.9. The summed E-state index contributed by atoms with van der Waals surface area (Å²) >= 11 is 1.77. The molecular formula is C23H29N5O2S. The SMILES string of the molecule is CCNC(=NCc1ccc(N2CCCC2=O)cc1)NCC(=O)N1CCc2sccc2C1. The Bertz CT molecular complexity index is 953. The normalized spacial score (nSPS) is 16.4. The summed E-state index contributed by atoms with van der Waals surface area (Å²) in [5.74, 6) is 0.906. The van der Waals surface area contributed by atoms with E-state index in [1.807, 2.05) is 41.0 Å². The molecule has 1 aromatic carbocycles. The molecular weight excluding hydrogens is 410 g/mol. The van der Waals surface area contributed by atoms with E-state index < -0.39 is 0 Å².